The first-order chi connectivity index (χ1) is 18.1. The molecular weight excluding hydrogens is 645 g/mol. The van der Waals surface area contributed by atoms with Crippen LogP contribution in [0.25, 0.3) is 0 Å². The molecule has 0 radical (unpaired) electrons. The zero-order valence-corrected chi connectivity index (χ0v) is 25.2. The van der Waals surface area contributed by atoms with Gasteiger partial charge in [-0.1, -0.05) is 74.5 Å². The number of carboxylic acid groups (broad SMARTS) is 1. The normalized spacial score (nSPS) is 29.5. The number of rotatable bonds is 5. The summed E-state index contributed by atoms with van der Waals surface area (Å²) in [5, 5.41) is 10.1. The standard InChI is InChI=1S/C28H27BrCl3F4NO2/c1-13(2)27(16-6-4-5-14(3)9-16)26(28(34,35)36,17-11-19(30)23(32)20(31)12-17)22(25(38)39)24(37-27)15-7-8-21(33)18(29)10-15/h7-8,10-14,16,22H,4-6,9H2,1-3H3,(H,38,39)/t14?,16?,22-,26-,27-/m0/s1. The van der Waals surface area contributed by atoms with Crippen LogP contribution in [-0.4, -0.2) is 28.5 Å². The van der Waals surface area contributed by atoms with Crippen LogP contribution in [0.5, 0.6) is 0 Å². The van der Waals surface area contributed by atoms with Gasteiger partial charge in [-0.05, 0) is 81.9 Å². The van der Waals surface area contributed by atoms with Crippen molar-refractivity contribution in [2.24, 2.45) is 28.7 Å². The minimum absolute atomic E-state index is 0.0182. The van der Waals surface area contributed by atoms with E-state index in [1.165, 1.54) is 12.1 Å². The summed E-state index contributed by atoms with van der Waals surface area (Å²) in [5.41, 5.74) is -5.60. The topological polar surface area (TPSA) is 49.7 Å². The molecule has 5 atom stereocenters. The summed E-state index contributed by atoms with van der Waals surface area (Å²) >= 11 is 21.8. The van der Waals surface area contributed by atoms with Crippen molar-refractivity contribution in [3.8, 4) is 0 Å². The number of alkyl halides is 3. The second kappa shape index (κ2) is 10.8. The molecule has 0 aromatic heterocycles. The van der Waals surface area contributed by atoms with E-state index in [0.717, 1.165) is 24.6 Å². The van der Waals surface area contributed by atoms with E-state index < -0.39 is 52.2 Å². The average Bonchev–Trinajstić information content (AvgIpc) is 3.18. The molecule has 3 nitrogen and oxygen atoms in total. The minimum Gasteiger partial charge on any atom is -0.481 e. The van der Waals surface area contributed by atoms with Gasteiger partial charge in [0.2, 0.25) is 0 Å². The number of benzene rings is 2. The van der Waals surface area contributed by atoms with Gasteiger partial charge in [0, 0.05) is 0 Å². The van der Waals surface area contributed by atoms with Crippen LogP contribution in [0.3, 0.4) is 0 Å². The fourth-order valence-electron chi connectivity index (χ4n) is 7.02. The summed E-state index contributed by atoms with van der Waals surface area (Å²) in [6, 6.07) is 5.75. The Balaban J connectivity index is 2.21. The maximum absolute atomic E-state index is 16.1. The number of hydrogen-bond acceptors (Lipinski definition) is 2. The third-order valence-electron chi connectivity index (χ3n) is 8.43. The van der Waals surface area contributed by atoms with Crippen LogP contribution in [0.1, 0.15) is 57.6 Å². The van der Waals surface area contributed by atoms with Gasteiger partial charge in [0.1, 0.15) is 17.2 Å². The Labute approximate surface area is 248 Å². The Morgan fingerprint density at radius 2 is 1.74 bits per heavy atom. The summed E-state index contributed by atoms with van der Waals surface area (Å²) in [7, 11) is 0. The van der Waals surface area contributed by atoms with Gasteiger partial charge in [-0.25, -0.2) is 4.39 Å². The van der Waals surface area contributed by atoms with Crippen molar-refractivity contribution in [1.82, 2.24) is 0 Å². The van der Waals surface area contributed by atoms with E-state index >= 15 is 13.2 Å². The molecule has 1 aliphatic heterocycles. The maximum Gasteiger partial charge on any atom is 0.402 e. The quantitative estimate of drug-likeness (QED) is 0.254. The van der Waals surface area contributed by atoms with Gasteiger partial charge in [0.05, 0.1) is 30.8 Å². The highest BCUT2D eigenvalue weighted by Crippen LogP contribution is 2.66. The number of aliphatic imine (C=N–C) groups is 1. The van der Waals surface area contributed by atoms with Gasteiger partial charge < -0.3 is 5.11 Å². The Kier molecular flexibility index (Phi) is 8.48. The molecule has 212 valence electrons. The number of carbonyl (C=O) groups is 1. The van der Waals surface area contributed by atoms with Crippen molar-refractivity contribution < 1.29 is 27.5 Å². The van der Waals surface area contributed by atoms with E-state index in [-0.39, 0.29) is 36.7 Å². The van der Waals surface area contributed by atoms with Gasteiger partial charge in [-0.2, -0.15) is 13.2 Å². The van der Waals surface area contributed by atoms with Gasteiger partial charge in [-0.15, -0.1) is 0 Å². The van der Waals surface area contributed by atoms with Gasteiger partial charge >= 0.3 is 12.1 Å². The summed E-state index contributed by atoms with van der Waals surface area (Å²) in [4.78, 5) is 18.0. The van der Waals surface area contributed by atoms with E-state index in [2.05, 4.69) is 15.9 Å². The Bertz CT molecular complexity index is 1310. The first-order valence-electron chi connectivity index (χ1n) is 12.6. The molecular formula is C28H27BrCl3F4NO2. The number of hydrogen-bond donors (Lipinski definition) is 1. The molecule has 1 heterocycles. The molecule has 1 saturated carbocycles. The fourth-order valence-corrected chi connectivity index (χ4v) is 7.99. The van der Waals surface area contributed by atoms with Crippen LogP contribution >= 0.6 is 50.7 Å². The van der Waals surface area contributed by atoms with Crippen molar-refractivity contribution in [2.45, 2.75) is 63.6 Å². The van der Waals surface area contributed by atoms with Crippen molar-refractivity contribution in [1.29, 1.82) is 0 Å². The average molecular weight is 672 g/mol. The highest BCUT2D eigenvalue weighted by molar-refractivity contribution is 9.10. The molecule has 11 heteroatoms. The predicted molar refractivity (Wildman–Crippen MR) is 150 cm³/mol. The highest BCUT2D eigenvalue weighted by Gasteiger charge is 2.79. The molecule has 1 aliphatic carbocycles. The number of aliphatic carboxylic acids is 1. The number of halogens is 8. The molecule has 39 heavy (non-hydrogen) atoms. The second-order valence-electron chi connectivity index (χ2n) is 10.9. The van der Waals surface area contributed by atoms with E-state index in [1.54, 1.807) is 13.8 Å². The Morgan fingerprint density at radius 3 is 2.23 bits per heavy atom. The molecule has 1 fully saturated rings. The third-order valence-corrected chi connectivity index (χ3v) is 10.2. The Morgan fingerprint density at radius 1 is 1.13 bits per heavy atom. The van der Waals surface area contributed by atoms with Crippen molar-refractivity contribution in [3.63, 3.8) is 0 Å². The number of nitrogens with zero attached hydrogens (tertiary/aromatic N) is 1. The lowest BCUT2D eigenvalue weighted by molar-refractivity contribution is -0.232. The van der Waals surface area contributed by atoms with Gasteiger partial charge in [0.15, 0.2) is 0 Å². The van der Waals surface area contributed by atoms with Crippen LogP contribution in [0.4, 0.5) is 17.6 Å². The van der Waals surface area contributed by atoms with E-state index in [1.807, 2.05) is 6.92 Å². The minimum atomic E-state index is -5.12. The molecule has 2 aliphatic rings. The zero-order valence-electron chi connectivity index (χ0n) is 21.4. The van der Waals surface area contributed by atoms with Crippen LogP contribution < -0.4 is 0 Å². The molecule has 0 amide bonds. The SMILES string of the molecule is CC1CCCC([C@]2(C(C)C)N=C(c3ccc(F)c(Br)c3)[C@@H](C(=O)O)[C@]2(c2cc(Cl)c(Cl)c(Cl)c2)C(F)(F)F)C1. The lowest BCUT2D eigenvalue weighted by Gasteiger charge is -2.55. The maximum atomic E-state index is 16.1. The van der Waals surface area contributed by atoms with Crippen molar-refractivity contribution in [3.05, 3.63) is 66.8 Å². The summed E-state index contributed by atoms with van der Waals surface area (Å²) in [6.07, 6.45) is -2.72. The molecule has 0 saturated heterocycles. The second-order valence-corrected chi connectivity index (χ2v) is 13.0. The molecule has 1 N–H and O–H groups in total. The smallest absolute Gasteiger partial charge is 0.402 e. The summed E-state index contributed by atoms with van der Waals surface area (Å²) < 4.78 is 62.4. The first-order valence-corrected chi connectivity index (χ1v) is 14.5. The molecule has 2 aromatic carbocycles. The first kappa shape index (κ1) is 30.6. The molecule has 2 unspecified atom stereocenters. The summed E-state index contributed by atoms with van der Waals surface area (Å²) in [6.45, 7) is 5.27. The van der Waals surface area contributed by atoms with E-state index in [4.69, 9.17) is 39.8 Å². The largest absolute Gasteiger partial charge is 0.481 e. The van der Waals surface area contributed by atoms with E-state index in [9.17, 15) is 14.3 Å². The van der Waals surface area contributed by atoms with Crippen LogP contribution in [0.15, 0.2) is 39.8 Å². The highest BCUT2D eigenvalue weighted by atomic mass is 79.9. The van der Waals surface area contributed by atoms with Crippen molar-refractivity contribution >= 4 is 62.4 Å². The van der Waals surface area contributed by atoms with Gasteiger partial charge in [0.25, 0.3) is 0 Å². The van der Waals surface area contributed by atoms with Gasteiger partial charge in [-0.3, -0.25) is 9.79 Å². The summed E-state index contributed by atoms with van der Waals surface area (Å²) in [5.74, 6) is -5.78. The number of carboxylic acids is 1. The fraction of sp³-hybridized carbons (Fsp3) is 0.500. The van der Waals surface area contributed by atoms with Crippen LogP contribution in [-0.2, 0) is 10.2 Å². The lowest BCUT2D eigenvalue weighted by atomic mass is 9.49. The predicted octanol–water partition coefficient (Wildman–Crippen LogP) is 9.77. The molecule has 2 aromatic rings. The molecule has 4 rings (SSSR count). The monoisotopic (exact) mass is 669 g/mol. The van der Waals surface area contributed by atoms with E-state index in [0.29, 0.717) is 19.3 Å². The van der Waals surface area contributed by atoms with Crippen LogP contribution in [0, 0.1) is 29.5 Å². The molecule has 0 spiro atoms. The van der Waals surface area contributed by atoms with Crippen LogP contribution in [0.2, 0.25) is 15.1 Å². The third kappa shape index (κ3) is 4.71. The Hall–Kier alpha value is -1.35. The molecule has 0 bridgehead atoms. The van der Waals surface area contributed by atoms with Crippen molar-refractivity contribution in [2.75, 3.05) is 0 Å². The zero-order chi connectivity index (χ0) is 29.1. The lowest BCUT2D eigenvalue weighted by Crippen LogP contribution is -2.67.